The lowest BCUT2D eigenvalue weighted by molar-refractivity contribution is -0.114. The molecule has 0 spiro atoms. The number of benzene rings is 2. The number of amides is 2. The van der Waals surface area contributed by atoms with Crippen LogP contribution in [-0.4, -0.2) is 25.2 Å². The average Bonchev–Trinajstić information content (AvgIpc) is 2.63. The van der Waals surface area contributed by atoms with Crippen molar-refractivity contribution in [2.24, 2.45) is 0 Å². The van der Waals surface area contributed by atoms with Crippen LogP contribution in [0, 0.1) is 6.92 Å². The number of carbonyl (C=O) groups is 2. The van der Waals surface area contributed by atoms with E-state index in [0.29, 0.717) is 12.3 Å². The zero-order valence-electron chi connectivity index (χ0n) is 15.4. The lowest BCUT2D eigenvalue weighted by Gasteiger charge is -2.14. The van der Waals surface area contributed by atoms with Crippen LogP contribution < -0.4 is 16.0 Å². The smallest absolute Gasteiger partial charge is 0.411 e. The van der Waals surface area contributed by atoms with E-state index in [2.05, 4.69) is 22.9 Å². The number of hydrogen-bond acceptors (Lipinski definition) is 4. The Morgan fingerprint density at radius 3 is 2.35 bits per heavy atom. The highest BCUT2D eigenvalue weighted by Crippen LogP contribution is 2.23. The summed E-state index contributed by atoms with van der Waals surface area (Å²) < 4.78 is 4.89. The van der Waals surface area contributed by atoms with Gasteiger partial charge in [0.1, 0.15) is 0 Å². The second-order valence-electron chi connectivity index (χ2n) is 5.74. The molecule has 138 valence electrons. The predicted octanol–water partition coefficient (Wildman–Crippen LogP) is 4.18. The Morgan fingerprint density at radius 2 is 1.62 bits per heavy atom. The van der Waals surface area contributed by atoms with Crippen molar-refractivity contribution >= 4 is 29.1 Å². The van der Waals surface area contributed by atoms with Gasteiger partial charge >= 0.3 is 6.09 Å². The van der Waals surface area contributed by atoms with Crippen LogP contribution in [0.15, 0.2) is 42.5 Å². The monoisotopic (exact) mass is 355 g/mol. The highest BCUT2D eigenvalue weighted by molar-refractivity contribution is 5.95. The van der Waals surface area contributed by atoms with Gasteiger partial charge in [0.05, 0.1) is 13.2 Å². The normalized spacial score (nSPS) is 10.1. The molecule has 2 amide bonds. The molecule has 0 bridgehead atoms. The van der Waals surface area contributed by atoms with E-state index < -0.39 is 6.09 Å². The van der Waals surface area contributed by atoms with Gasteiger partial charge in [-0.05, 0) is 49.6 Å². The Labute approximate surface area is 153 Å². The van der Waals surface area contributed by atoms with Crippen LogP contribution in [0.3, 0.4) is 0 Å². The van der Waals surface area contributed by atoms with Crippen molar-refractivity contribution < 1.29 is 14.3 Å². The van der Waals surface area contributed by atoms with E-state index >= 15 is 0 Å². The maximum absolute atomic E-state index is 12.2. The minimum atomic E-state index is -0.498. The number of aryl methyl sites for hydroxylation is 1. The van der Waals surface area contributed by atoms with Crippen LogP contribution in [0.2, 0.25) is 0 Å². The Kier molecular flexibility index (Phi) is 7.02. The molecule has 2 rings (SSSR count). The molecule has 2 aromatic rings. The first kappa shape index (κ1) is 19.3. The van der Waals surface area contributed by atoms with Crippen LogP contribution in [0.25, 0.3) is 0 Å². The summed E-state index contributed by atoms with van der Waals surface area (Å²) in [6.45, 7) is 6.10. The summed E-state index contributed by atoms with van der Waals surface area (Å²) in [7, 11) is 0. The number of ether oxygens (including phenoxy) is 1. The van der Waals surface area contributed by atoms with E-state index in [1.807, 2.05) is 37.3 Å². The molecule has 0 fully saturated rings. The lowest BCUT2D eigenvalue weighted by Crippen LogP contribution is -2.23. The summed E-state index contributed by atoms with van der Waals surface area (Å²) in [5.41, 5.74) is 4.18. The molecule has 6 nitrogen and oxygen atoms in total. The summed E-state index contributed by atoms with van der Waals surface area (Å²) in [6.07, 6.45) is 0.353. The van der Waals surface area contributed by atoms with Gasteiger partial charge in [0.2, 0.25) is 5.91 Å². The van der Waals surface area contributed by atoms with Crippen LogP contribution in [-0.2, 0) is 16.0 Å². The highest BCUT2D eigenvalue weighted by atomic mass is 16.5. The van der Waals surface area contributed by atoms with Crippen molar-refractivity contribution in [1.29, 1.82) is 0 Å². The van der Waals surface area contributed by atoms with E-state index in [9.17, 15) is 9.59 Å². The number of carbonyl (C=O) groups excluding carboxylic acids is 2. The van der Waals surface area contributed by atoms with Crippen LogP contribution in [0.1, 0.15) is 25.0 Å². The van der Waals surface area contributed by atoms with Gasteiger partial charge in [-0.25, -0.2) is 4.79 Å². The van der Waals surface area contributed by atoms with Gasteiger partial charge in [-0.2, -0.15) is 0 Å². The van der Waals surface area contributed by atoms with Crippen molar-refractivity contribution in [2.45, 2.75) is 27.2 Å². The second-order valence-corrected chi connectivity index (χ2v) is 5.74. The van der Waals surface area contributed by atoms with Crippen molar-refractivity contribution in [2.75, 3.05) is 29.1 Å². The minimum Gasteiger partial charge on any atom is -0.450 e. The van der Waals surface area contributed by atoms with E-state index in [1.165, 1.54) is 0 Å². The van der Waals surface area contributed by atoms with Crippen molar-refractivity contribution in [1.82, 2.24) is 0 Å². The van der Waals surface area contributed by atoms with E-state index in [4.69, 9.17) is 4.74 Å². The summed E-state index contributed by atoms with van der Waals surface area (Å²) in [6, 6.07) is 13.2. The van der Waals surface area contributed by atoms with Gasteiger partial charge in [0.15, 0.2) is 0 Å². The zero-order valence-corrected chi connectivity index (χ0v) is 15.4. The van der Waals surface area contributed by atoms with Crippen LogP contribution in [0.5, 0.6) is 0 Å². The third kappa shape index (κ3) is 5.24. The molecule has 0 aliphatic carbocycles. The SMILES string of the molecule is CCOC(=O)Nc1cccc(NCC(=O)Nc2ccccc2CC)c1C. The Bertz CT molecular complexity index is 775. The van der Waals surface area contributed by atoms with Crippen molar-refractivity contribution in [3.05, 3.63) is 53.6 Å². The number of rotatable bonds is 7. The molecule has 0 saturated heterocycles. The number of anilines is 3. The molecule has 0 unspecified atom stereocenters. The molecule has 0 aliphatic rings. The molecule has 0 atom stereocenters. The largest absolute Gasteiger partial charge is 0.450 e. The van der Waals surface area contributed by atoms with Gasteiger partial charge in [-0.3, -0.25) is 10.1 Å². The molecule has 0 radical (unpaired) electrons. The maximum atomic E-state index is 12.2. The van der Waals surface area contributed by atoms with Gasteiger partial charge in [0.25, 0.3) is 0 Å². The first-order chi connectivity index (χ1) is 12.5. The highest BCUT2D eigenvalue weighted by Gasteiger charge is 2.10. The topological polar surface area (TPSA) is 79.5 Å². The number of para-hydroxylation sites is 1. The molecular weight excluding hydrogens is 330 g/mol. The molecule has 2 aromatic carbocycles. The second kappa shape index (κ2) is 9.46. The van der Waals surface area contributed by atoms with Gasteiger partial charge in [-0.15, -0.1) is 0 Å². The van der Waals surface area contributed by atoms with E-state index in [0.717, 1.165) is 28.9 Å². The standard InChI is InChI=1S/C20H25N3O3/c1-4-15-9-6-7-10-18(15)22-19(24)13-21-16-11-8-12-17(14(16)3)23-20(25)26-5-2/h6-12,21H,4-5,13H2,1-3H3,(H,22,24)(H,23,25). The molecular formula is C20H25N3O3. The van der Waals surface area contributed by atoms with Gasteiger partial charge in [-0.1, -0.05) is 31.2 Å². The fourth-order valence-electron chi connectivity index (χ4n) is 2.56. The summed E-state index contributed by atoms with van der Waals surface area (Å²) in [5.74, 6) is -0.131. The van der Waals surface area contributed by atoms with Gasteiger partial charge in [0, 0.05) is 17.1 Å². The minimum absolute atomic E-state index is 0.127. The Balaban J connectivity index is 1.98. The summed E-state index contributed by atoms with van der Waals surface area (Å²) in [5, 5.41) is 8.73. The van der Waals surface area contributed by atoms with Crippen molar-refractivity contribution in [3.8, 4) is 0 Å². The molecule has 26 heavy (non-hydrogen) atoms. The molecule has 0 aromatic heterocycles. The fourth-order valence-corrected chi connectivity index (χ4v) is 2.56. The number of nitrogens with one attached hydrogen (secondary N) is 3. The zero-order chi connectivity index (χ0) is 18.9. The first-order valence-corrected chi connectivity index (χ1v) is 8.70. The molecule has 0 saturated carbocycles. The summed E-state index contributed by atoms with van der Waals surface area (Å²) >= 11 is 0. The first-order valence-electron chi connectivity index (χ1n) is 8.70. The van der Waals surface area contributed by atoms with Crippen molar-refractivity contribution in [3.63, 3.8) is 0 Å². The third-order valence-electron chi connectivity index (χ3n) is 3.96. The molecule has 0 aliphatic heterocycles. The summed E-state index contributed by atoms with van der Waals surface area (Å²) in [4.78, 5) is 23.8. The fraction of sp³-hybridized carbons (Fsp3) is 0.300. The average molecular weight is 355 g/mol. The molecule has 3 N–H and O–H groups in total. The van der Waals surface area contributed by atoms with Crippen LogP contribution >= 0.6 is 0 Å². The predicted molar refractivity (Wildman–Crippen MR) is 105 cm³/mol. The molecule has 6 heteroatoms. The van der Waals surface area contributed by atoms with Gasteiger partial charge < -0.3 is 15.4 Å². The number of hydrogen-bond donors (Lipinski definition) is 3. The third-order valence-corrected chi connectivity index (χ3v) is 3.96. The Morgan fingerprint density at radius 1 is 0.923 bits per heavy atom. The molecule has 0 heterocycles. The Hall–Kier alpha value is -3.02. The lowest BCUT2D eigenvalue weighted by atomic mass is 10.1. The quantitative estimate of drug-likeness (QED) is 0.696. The van der Waals surface area contributed by atoms with E-state index in [1.54, 1.807) is 19.1 Å². The van der Waals surface area contributed by atoms with E-state index in [-0.39, 0.29) is 12.5 Å². The van der Waals surface area contributed by atoms with Crippen LogP contribution in [0.4, 0.5) is 21.9 Å². The maximum Gasteiger partial charge on any atom is 0.411 e.